The molecule has 1 heterocycles. The van der Waals surface area contributed by atoms with Crippen LogP contribution in [0.25, 0.3) is 10.4 Å². The first-order valence-corrected chi connectivity index (χ1v) is 5.09. The largest absolute Gasteiger partial charge is 0.301 e. The lowest BCUT2D eigenvalue weighted by Gasteiger charge is -2.33. The number of piperidine rings is 1. The Morgan fingerprint density at radius 1 is 1.54 bits per heavy atom. The predicted octanol–water partition coefficient (Wildman–Crippen LogP) is 2.56. The summed E-state index contributed by atoms with van der Waals surface area (Å²) in [5.74, 6) is 0. The Labute approximate surface area is 79.5 Å². The molecule has 0 aromatic carbocycles. The Bertz CT molecular complexity index is 186. The summed E-state index contributed by atoms with van der Waals surface area (Å²) in [6, 6.07) is 0.722. The van der Waals surface area contributed by atoms with Crippen molar-refractivity contribution in [1.82, 2.24) is 4.90 Å². The van der Waals surface area contributed by atoms with Crippen LogP contribution in [-0.4, -0.2) is 30.6 Å². The van der Waals surface area contributed by atoms with Crippen LogP contribution < -0.4 is 0 Å². The van der Waals surface area contributed by atoms with Gasteiger partial charge in [0.1, 0.15) is 0 Å². The first-order valence-electron chi connectivity index (χ1n) is 5.09. The molecule has 0 aliphatic carbocycles. The maximum atomic E-state index is 8.10. The van der Waals surface area contributed by atoms with Gasteiger partial charge >= 0.3 is 0 Å². The molecule has 1 saturated heterocycles. The Kier molecular flexibility index (Phi) is 4.65. The van der Waals surface area contributed by atoms with Gasteiger partial charge in [-0.1, -0.05) is 11.5 Å². The third-order valence-corrected chi connectivity index (χ3v) is 2.71. The molecule has 1 atom stereocenters. The van der Waals surface area contributed by atoms with Crippen LogP contribution in [0.4, 0.5) is 0 Å². The van der Waals surface area contributed by atoms with E-state index in [1.54, 1.807) is 0 Å². The molecule has 0 aromatic heterocycles. The third kappa shape index (κ3) is 3.66. The Hall–Kier alpha value is -0.730. The van der Waals surface area contributed by atoms with Crippen molar-refractivity contribution >= 4 is 0 Å². The van der Waals surface area contributed by atoms with Crippen molar-refractivity contribution < 1.29 is 0 Å². The van der Waals surface area contributed by atoms with Gasteiger partial charge in [-0.05, 0) is 44.8 Å². The Morgan fingerprint density at radius 3 is 3.08 bits per heavy atom. The van der Waals surface area contributed by atoms with Crippen LogP contribution in [0.1, 0.15) is 32.6 Å². The molecule has 1 rings (SSSR count). The van der Waals surface area contributed by atoms with Gasteiger partial charge in [0.2, 0.25) is 0 Å². The summed E-state index contributed by atoms with van der Waals surface area (Å²) in [4.78, 5) is 5.24. The number of hydrogen-bond acceptors (Lipinski definition) is 2. The summed E-state index contributed by atoms with van der Waals surface area (Å²) >= 11 is 0. The monoisotopic (exact) mass is 182 g/mol. The first-order chi connectivity index (χ1) is 6.34. The van der Waals surface area contributed by atoms with Crippen LogP contribution >= 0.6 is 0 Å². The van der Waals surface area contributed by atoms with Gasteiger partial charge in [0, 0.05) is 17.5 Å². The topological polar surface area (TPSA) is 52.0 Å². The molecular weight excluding hydrogens is 164 g/mol. The highest BCUT2D eigenvalue weighted by atomic mass is 15.2. The molecule has 1 aliphatic rings. The number of likely N-dealkylation sites (tertiary alicyclic amines) is 1. The summed E-state index contributed by atoms with van der Waals surface area (Å²) in [6.45, 7) is 5.23. The lowest BCUT2D eigenvalue weighted by Crippen LogP contribution is -2.38. The van der Waals surface area contributed by atoms with Crippen molar-refractivity contribution in [2.24, 2.45) is 5.11 Å². The van der Waals surface area contributed by atoms with Gasteiger partial charge in [-0.15, -0.1) is 0 Å². The quantitative estimate of drug-likeness (QED) is 0.285. The van der Waals surface area contributed by atoms with Crippen LogP contribution in [0.5, 0.6) is 0 Å². The van der Waals surface area contributed by atoms with E-state index in [2.05, 4.69) is 21.8 Å². The second-order valence-corrected chi connectivity index (χ2v) is 3.69. The van der Waals surface area contributed by atoms with Gasteiger partial charge in [-0.3, -0.25) is 0 Å². The van der Waals surface area contributed by atoms with Gasteiger partial charge in [-0.25, -0.2) is 0 Å². The van der Waals surface area contributed by atoms with Crippen LogP contribution in [0.15, 0.2) is 5.11 Å². The average Bonchev–Trinajstić information content (AvgIpc) is 2.15. The van der Waals surface area contributed by atoms with E-state index in [4.69, 9.17) is 5.53 Å². The van der Waals surface area contributed by atoms with E-state index in [1.807, 2.05) is 0 Å². The lowest BCUT2D eigenvalue weighted by atomic mass is 10.0. The normalized spacial score (nSPS) is 23.9. The van der Waals surface area contributed by atoms with E-state index >= 15 is 0 Å². The molecule has 4 nitrogen and oxygen atoms in total. The summed E-state index contributed by atoms with van der Waals surface area (Å²) < 4.78 is 0. The fraction of sp³-hybridized carbons (Fsp3) is 1.00. The zero-order valence-corrected chi connectivity index (χ0v) is 8.32. The highest BCUT2D eigenvalue weighted by molar-refractivity contribution is 4.72. The van der Waals surface area contributed by atoms with E-state index in [9.17, 15) is 0 Å². The molecule has 1 fully saturated rings. The van der Waals surface area contributed by atoms with E-state index < -0.39 is 0 Å². The molecule has 74 valence electrons. The maximum absolute atomic E-state index is 8.10. The van der Waals surface area contributed by atoms with E-state index in [0.29, 0.717) is 6.54 Å². The van der Waals surface area contributed by atoms with Gasteiger partial charge in [0.15, 0.2) is 0 Å². The van der Waals surface area contributed by atoms with Crippen molar-refractivity contribution in [3.05, 3.63) is 10.4 Å². The molecule has 0 amide bonds. The van der Waals surface area contributed by atoms with Gasteiger partial charge in [0.05, 0.1) is 0 Å². The van der Waals surface area contributed by atoms with Crippen LogP contribution in [0.2, 0.25) is 0 Å². The molecule has 0 N–H and O–H groups in total. The molecule has 0 radical (unpaired) electrons. The van der Waals surface area contributed by atoms with E-state index in [1.165, 1.54) is 25.8 Å². The van der Waals surface area contributed by atoms with Crippen molar-refractivity contribution in [2.75, 3.05) is 19.6 Å². The summed E-state index contributed by atoms with van der Waals surface area (Å²) in [5.41, 5.74) is 8.10. The molecular formula is C9H18N4. The molecule has 13 heavy (non-hydrogen) atoms. The molecule has 1 aliphatic heterocycles. The fourth-order valence-electron chi connectivity index (χ4n) is 1.88. The van der Waals surface area contributed by atoms with Crippen molar-refractivity contribution in [2.45, 2.75) is 38.6 Å². The van der Waals surface area contributed by atoms with Crippen LogP contribution in [-0.2, 0) is 0 Å². The van der Waals surface area contributed by atoms with Gasteiger partial charge < -0.3 is 4.90 Å². The molecule has 0 spiro atoms. The zero-order chi connectivity index (χ0) is 9.52. The van der Waals surface area contributed by atoms with Gasteiger partial charge in [0.25, 0.3) is 0 Å². The number of hydrogen-bond donors (Lipinski definition) is 0. The average molecular weight is 182 g/mol. The fourth-order valence-corrected chi connectivity index (χ4v) is 1.88. The van der Waals surface area contributed by atoms with Crippen molar-refractivity contribution in [1.29, 1.82) is 0 Å². The Morgan fingerprint density at radius 2 is 2.38 bits per heavy atom. The first kappa shape index (κ1) is 10.4. The highest BCUT2D eigenvalue weighted by Crippen LogP contribution is 2.16. The summed E-state index contributed by atoms with van der Waals surface area (Å²) in [5, 5.41) is 3.54. The maximum Gasteiger partial charge on any atom is 0.0270 e. The molecule has 0 bridgehead atoms. The minimum atomic E-state index is 0.639. The SMILES string of the molecule is CC1CCCCN1CCCN=[N+]=[N-]. The smallest absolute Gasteiger partial charge is 0.0270 e. The molecule has 0 aromatic rings. The molecule has 4 heteroatoms. The standard InChI is InChI=1S/C9H18N4/c1-9-5-2-3-7-13(9)8-4-6-11-12-10/h9H,2-8H2,1H3. The summed E-state index contributed by atoms with van der Waals surface area (Å²) in [7, 11) is 0. The van der Waals surface area contributed by atoms with Gasteiger partial charge in [-0.2, -0.15) is 0 Å². The molecule has 1 unspecified atom stereocenters. The number of azide groups is 1. The van der Waals surface area contributed by atoms with E-state index in [-0.39, 0.29) is 0 Å². The Balaban J connectivity index is 2.15. The second kappa shape index (κ2) is 5.84. The van der Waals surface area contributed by atoms with Crippen LogP contribution in [0.3, 0.4) is 0 Å². The zero-order valence-electron chi connectivity index (χ0n) is 8.32. The number of rotatable bonds is 4. The highest BCUT2D eigenvalue weighted by Gasteiger charge is 2.16. The van der Waals surface area contributed by atoms with Crippen molar-refractivity contribution in [3.63, 3.8) is 0 Å². The minimum absolute atomic E-state index is 0.639. The van der Waals surface area contributed by atoms with Crippen molar-refractivity contribution in [3.8, 4) is 0 Å². The third-order valence-electron chi connectivity index (χ3n) is 2.71. The predicted molar refractivity (Wildman–Crippen MR) is 53.5 cm³/mol. The second-order valence-electron chi connectivity index (χ2n) is 3.69. The van der Waals surface area contributed by atoms with Crippen LogP contribution in [0, 0.1) is 0 Å². The number of nitrogens with zero attached hydrogens (tertiary/aromatic N) is 4. The van der Waals surface area contributed by atoms with E-state index in [0.717, 1.165) is 19.0 Å². The lowest BCUT2D eigenvalue weighted by molar-refractivity contribution is 0.160. The molecule has 0 saturated carbocycles. The summed E-state index contributed by atoms with van der Waals surface area (Å²) in [6.07, 6.45) is 5.01. The minimum Gasteiger partial charge on any atom is -0.301 e.